The van der Waals surface area contributed by atoms with Gasteiger partial charge in [0.15, 0.2) is 0 Å². The average Bonchev–Trinajstić information content (AvgIpc) is 3.03. The molecule has 1 aliphatic heterocycles. The third-order valence-electron chi connectivity index (χ3n) is 4.24. The summed E-state index contributed by atoms with van der Waals surface area (Å²) >= 11 is 0. The van der Waals surface area contributed by atoms with Gasteiger partial charge in [-0.3, -0.25) is 4.79 Å². The van der Waals surface area contributed by atoms with Crippen LogP contribution in [0.15, 0.2) is 30.3 Å². The maximum atomic E-state index is 11.9. The molecule has 0 spiro atoms. The molecule has 1 saturated heterocycles. The molecule has 0 saturated carbocycles. The zero-order chi connectivity index (χ0) is 14.9. The average molecular weight is 290 g/mol. The second-order valence-corrected chi connectivity index (χ2v) is 5.82. The summed E-state index contributed by atoms with van der Waals surface area (Å²) in [5.41, 5.74) is 1.17. The van der Waals surface area contributed by atoms with Crippen molar-refractivity contribution in [1.82, 2.24) is 10.6 Å². The summed E-state index contributed by atoms with van der Waals surface area (Å²) in [6, 6.07) is 10.1. The first-order valence-electron chi connectivity index (χ1n) is 7.93. The van der Waals surface area contributed by atoms with E-state index in [-0.39, 0.29) is 18.4 Å². The number of hydrogen-bond donors (Lipinski definition) is 3. The zero-order valence-electron chi connectivity index (χ0n) is 12.6. The Morgan fingerprint density at radius 2 is 2.19 bits per heavy atom. The van der Waals surface area contributed by atoms with Gasteiger partial charge in [0.1, 0.15) is 0 Å². The van der Waals surface area contributed by atoms with Crippen LogP contribution in [0.4, 0.5) is 0 Å². The van der Waals surface area contributed by atoms with Crippen LogP contribution in [-0.4, -0.2) is 37.3 Å². The molecule has 1 aromatic rings. The Labute approximate surface area is 126 Å². The lowest BCUT2D eigenvalue weighted by molar-refractivity contribution is -0.121. The molecule has 0 aliphatic carbocycles. The highest BCUT2D eigenvalue weighted by Crippen LogP contribution is 2.18. The van der Waals surface area contributed by atoms with Crippen molar-refractivity contribution >= 4 is 5.91 Å². The summed E-state index contributed by atoms with van der Waals surface area (Å²) in [5.74, 6) is 0.965. The molecule has 1 heterocycles. The van der Waals surface area contributed by atoms with Crippen molar-refractivity contribution < 1.29 is 9.90 Å². The van der Waals surface area contributed by atoms with Crippen molar-refractivity contribution in [3.8, 4) is 0 Å². The highest BCUT2D eigenvalue weighted by Gasteiger charge is 2.16. The van der Waals surface area contributed by atoms with Crippen molar-refractivity contribution in [2.75, 3.05) is 26.2 Å². The Balaban J connectivity index is 1.74. The SMILES string of the molecule is O=C(CCC1CCNC1)NCC(CCO)c1ccccc1. The third kappa shape index (κ3) is 5.48. The lowest BCUT2D eigenvalue weighted by Crippen LogP contribution is -2.29. The van der Waals surface area contributed by atoms with Gasteiger partial charge < -0.3 is 15.7 Å². The van der Waals surface area contributed by atoms with Crippen LogP contribution in [0.1, 0.15) is 37.2 Å². The lowest BCUT2D eigenvalue weighted by Gasteiger charge is -2.17. The summed E-state index contributed by atoms with van der Waals surface area (Å²) in [5, 5.41) is 15.5. The number of aliphatic hydroxyl groups is 1. The van der Waals surface area contributed by atoms with Gasteiger partial charge in [0, 0.05) is 25.5 Å². The molecule has 0 radical (unpaired) electrons. The smallest absolute Gasteiger partial charge is 0.220 e. The molecular formula is C17H26N2O2. The lowest BCUT2D eigenvalue weighted by atomic mass is 9.96. The quantitative estimate of drug-likeness (QED) is 0.682. The first kappa shape index (κ1) is 16.0. The van der Waals surface area contributed by atoms with Crippen LogP contribution < -0.4 is 10.6 Å². The molecule has 0 bridgehead atoms. The normalized spacial score (nSPS) is 19.4. The van der Waals surface area contributed by atoms with Gasteiger partial charge in [0.2, 0.25) is 5.91 Å². The minimum Gasteiger partial charge on any atom is -0.396 e. The Hall–Kier alpha value is -1.39. The molecule has 1 aliphatic rings. The molecule has 1 amide bonds. The number of carbonyl (C=O) groups excluding carboxylic acids is 1. The Morgan fingerprint density at radius 1 is 1.38 bits per heavy atom. The van der Waals surface area contributed by atoms with E-state index >= 15 is 0 Å². The largest absolute Gasteiger partial charge is 0.396 e. The van der Waals surface area contributed by atoms with E-state index in [0.29, 0.717) is 25.3 Å². The fourth-order valence-electron chi connectivity index (χ4n) is 2.89. The standard InChI is InChI=1S/C17H26N2O2/c20-11-9-16(15-4-2-1-3-5-15)13-19-17(21)7-6-14-8-10-18-12-14/h1-5,14,16,18,20H,6-13H2,(H,19,21). The second-order valence-electron chi connectivity index (χ2n) is 5.82. The Bertz CT molecular complexity index is 416. The molecular weight excluding hydrogens is 264 g/mol. The van der Waals surface area contributed by atoms with Gasteiger partial charge in [-0.05, 0) is 43.8 Å². The fourth-order valence-corrected chi connectivity index (χ4v) is 2.89. The molecule has 2 rings (SSSR count). The number of benzene rings is 1. The first-order chi connectivity index (χ1) is 10.3. The molecule has 2 atom stereocenters. The van der Waals surface area contributed by atoms with Crippen LogP contribution in [0.3, 0.4) is 0 Å². The maximum Gasteiger partial charge on any atom is 0.220 e. The van der Waals surface area contributed by atoms with Gasteiger partial charge in [0.05, 0.1) is 0 Å². The van der Waals surface area contributed by atoms with Gasteiger partial charge in [-0.15, -0.1) is 0 Å². The summed E-state index contributed by atoms with van der Waals surface area (Å²) in [4.78, 5) is 11.9. The summed E-state index contributed by atoms with van der Waals surface area (Å²) < 4.78 is 0. The van der Waals surface area contributed by atoms with Gasteiger partial charge in [0.25, 0.3) is 0 Å². The molecule has 116 valence electrons. The minimum absolute atomic E-state index is 0.126. The van der Waals surface area contributed by atoms with Crippen molar-refractivity contribution in [3.05, 3.63) is 35.9 Å². The van der Waals surface area contributed by atoms with E-state index in [1.807, 2.05) is 18.2 Å². The second kappa shape index (κ2) is 8.80. The van der Waals surface area contributed by atoms with Crippen LogP contribution in [0.5, 0.6) is 0 Å². The van der Waals surface area contributed by atoms with E-state index < -0.39 is 0 Å². The molecule has 2 unspecified atom stereocenters. The Morgan fingerprint density at radius 3 is 2.86 bits per heavy atom. The fraction of sp³-hybridized carbons (Fsp3) is 0.588. The summed E-state index contributed by atoms with van der Waals surface area (Å²) in [7, 11) is 0. The molecule has 3 N–H and O–H groups in total. The number of hydrogen-bond acceptors (Lipinski definition) is 3. The predicted molar refractivity (Wildman–Crippen MR) is 84.1 cm³/mol. The van der Waals surface area contributed by atoms with Crippen LogP contribution in [-0.2, 0) is 4.79 Å². The van der Waals surface area contributed by atoms with E-state index in [1.165, 1.54) is 12.0 Å². The van der Waals surface area contributed by atoms with E-state index in [1.54, 1.807) is 0 Å². The number of carbonyl (C=O) groups is 1. The van der Waals surface area contributed by atoms with Crippen LogP contribution >= 0.6 is 0 Å². The van der Waals surface area contributed by atoms with Crippen molar-refractivity contribution in [2.45, 2.75) is 31.6 Å². The van der Waals surface area contributed by atoms with E-state index in [4.69, 9.17) is 0 Å². The van der Waals surface area contributed by atoms with E-state index in [2.05, 4.69) is 22.8 Å². The van der Waals surface area contributed by atoms with Crippen molar-refractivity contribution in [2.24, 2.45) is 5.92 Å². The van der Waals surface area contributed by atoms with E-state index in [0.717, 1.165) is 19.5 Å². The highest BCUT2D eigenvalue weighted by molar-refractivity contribution is 5.75. The maximum absolute atomic E-state index is 11.9. The molecule has 0 aromatic heterocycles. The Kier molecular flexibility index (Phi) is 6.70. The molecule has 21 heavy (non-hydrogen) atoms. The number of aliphatic hydroxyl groups excluding tert-OH is 1. The first-order valence-corrected chi connectivity index (χ1v) is 7.93. The topological polar surface area (TPSA) is 61.4 Å². The van der Waals surface area contributed by atoms with Gasteiger partial charge in [-0.1, -0.05) is 30.3 Å². The molecule has 4 nitrogen and oxygen atoms in total. The number of rotatable bonds is 8. The monoisotopic (exact) mass is 290 g/mol. The van der Waals surface area contributed by atoms with Gasteiger partial charge in [-0.25, -0.2) is 0 Å². The van der Waals surface area contributed by atoms with Gasteiger partial charge >= 0.3 is 0 Å². The van der Waals surface area contributed by atoms with Crippen molar-refractivity contribution in [3.63, 3.8) is 0 Å². The van der Waals surface area contributed by atoms with E-state index in [9.17, 15) is 9.90 Å². The summed E-state index contributed by atoms with van der Waals surface area (Å²) in [6.45, 7) is 2.87. The van der Waals surface area contributed by atoms with Crippen LogP contribution in [0.2, 0.25) is 0 Å². The molecule has 1 fully saturated rings. The van der Waals surface area contributed by atoms with Crippen LogP contribution in [0.25, 0.3) is 0 Å². The molecule has 4 heteroatoms. The minimum atomic E-state index is 0.126. The third-order valence-corrected chi connectivity index (χ3v) is 4.24. The predicted octanol–water partition coefficient (Wildman–Crippen LogP) is 1.66. The number of amides is 1. The number of nitrogens with one attached hydrogen (secondary N) is 2. The highest BCUT2D eigenvalue weighted by atomic mass is 16.3. The zero-order valence-corrected chi connectivity index (χ0v) is 12.6. The summed E-state index contributed by atoms with van der Waals surface area (Å²) in [6.07, 6.45) is 3.43. The van der Waals surface area contributed by atoms with Gasteiger partial charge in [-0.2, -0.15) is 0 Å². The molecule has 1 aromatic carbocycles. The van der Waals surface area contributed by atoms with Crippen molar-refractivity contribution in [1.29, 1.82) is 0 Å². The van der Waals surface area contributed by atoms with Crippen LogP contribution in [0, 0.1) is 5.92 Å².